The Morgan fingerprint density at radius 2 is 1.96 bits per heavy atom. The Kier molecular flexibility index (Phi) is 4.47. The highest BCUT2D eigenvalue weighted by atomic mass is 16.2. The van der Waals surface area contributed by atoms with Gasteiger partial charge in [0.25, 0.3) is 0 Å². The number of para-hydroxylation sites is 1. The molecule has 0 N–H and O–H groups in total. The molecule has 1 aromatic carbocycles. The first-order valence-corrected chi connectivity index (χ1v) is 9.66. The highest BCUT2D eigenvalue weighted by Gasteiger charge is 2.36. The molecule has 1 unspecified atom stereocenters. The van der Waals surface area contributed by atoms with Crippen molar-refractivity contribution in [3.8, 4) is 0 Å². The number of aromatic nitrogens is 1. The monoisotopic (exact) mass is 353 g/mol. The lowest BCUT2D eigenvalue weighted by molar-refractivity contribution is -0.136. The van der Waals surface area contributed by atoms with Crippen molar-refractivity contribution in [2.24, 2.45) is 0 Å². The lowest BCUT2D eigenvalue weighted by Crippen LogP contribution is -2.46. The first-order chi connectivity index (χ1) is 12.5. The number of aryl methyl sites for hydroxylation is 1. The number of hydrogen-bond donors (Lipinski definition) is 0. The number of fused-ring (bicyclic) bond motifs is 1. The smallest absolute Gasteiger partial charge is 0.242 e. The van der Waals surface area contributed by atoms with Crippen molar-refractivity contribution in [2.45, 2.75) is 58.2 Å². The standard InChI is InChI=1S/C21H27N3O2/c1-15-12-17-6-3-4-8-20(17)23(15)14-21(26)22-11-5-7-19(22)13-24(16(2)25)18-9-10-18/h3-4,6,8,12,18-19H,5,7,9-11,13-14H2,1-2H3. The highest BCUT2D eigenvalue weighted by Crippen LogP contribution is 2.29. The van der Waals surface area contributed by atoms with Crippen LogP contribution in [-0.2, 0) is 16.1 Å². The van der Waals surface area contributed by atoms with Crippen LogP contribution >= 0.6 is 0 Å². The number of rotatable bonds is 5. The summed E-state index contributed by atoms with van der Waals surface area (Å²) in [6, 6.07) is 10.9. The van der Waals surface area contributed by atoms with Gasteiger partial charge in [-0.15, -0.1) is 0 Å². The van der Waals surface area contributed by atoms with Crippen LogP contribution in [0.15, 0.2) is 30.3 Å². The summed E-state index contributed by atoms with van der Waals surface area (Å²) in [6.07, 6.45) is 4.23. The molecule has 1 saturated heterocycles. The van der Waals surface area contributed by atoms with Crippen LogP contribution in [-0.4, -0.2) is 51.4 Å². The zero-order valence-electron chi connectivity index (χ0n) is 15.6. The van der Waals surface area contributed by atoms with Gasteiger partial charge in [0.1, 0.15) is 6.54 Å². The van der Waals surface area contributed by atoms with E-state index in [-0.39, 0.29) is 17.9 Å². The first-order valence-electron chi connectivity index (χ1n) is 9.66. The maximum Gasteiger partial charge on any atom is 0.242 e. The third-order valence-electron chi connectivity index (χ3n) is 5.81. The van der Waals surface area contributed by atoms with Gasteiger partial charge in [0.15, 0.2) is 0 Å². The van der Waals surface area contributed by atoms with Crippen molar-refractivity contribution in [3.63, 3.8) is 0 Å². The van der Waals surface area contributed by atoms with Gasteiger partial charge in [0, 0.05) is 43.3 Å². The van der Waals surface area contributed by atoms with Crippen LogP contribution in [0.3, 0.4) is 0 Å². The number of amides is 2. The van der Waals surface area contributed by atoms with Gasteiger partial charge in [-0.05, 0) is 50.1 Å². The minimum absolute atomic E-state index is 0.138. The summed E-state index contributed by atoms with van der Waals surface area (Å²) in [6.45, 7) is 5.57. The second kappa shape index (κ2) is 6.78. The first kappa shape index (κ1) is 17.1. The maximum atomic E-state index is 13.1. The molecule has 0 spiro atoms. The molecular weight excluding hydrogens is 326 g/mol. The Morgan fingerprint density at radius 1 is 1.19 bits per heavy atom. The van der Waals surface area contributed by atoms with E-state index in [9.17, 15) is 9.59 Å². The normalized spacial score (nSPS) is 19.9. The van der Waals surface area contributed by atoms with Crippen LogP contribution in [0, 0.1) is 6.92 Å². The molecule has 26 heavy (non-hydrogen) atoms. The lowest BCUT2D eigenvalue weighted by Gasteiger charge is -2.31. The SMILES string of the molecule is CC(=O)N(CC1CCCN1C(=O)Cn1c(C)cc2ccccc21)C1CC1. The summed E-state index contributed by atoms with van der Waals surface area (Å²) >= 11 is 0. The minimum Gasteiger partial charge on any atom is -0.338 e. The van der Waals surface area contributed by atoms with Crippen molar-refractivity contribution < 1.29 is 9.59 Å². The van der Waals surface area contributed by atoms with Crippen molar-refractivity contribution >= 4 is 22.7 Å². The number of likely N-dealkylation sites (tertiary alicyclic amines) is 1. The van der Waals surface area contributed by atoms with Gasteiger partial charge < -0.3 is 14.4 Å². The van der Waals surface area contributed by atoms with Gasteiger partial charge in [-0.2, -0.15) is 0 Å². The van der Waals surface area contributed by atoms with E-state index in [1.54, 1.807) is 6.92 Å². The van der Waals surface area contributed by atoms with Crippen molar-refractivity contribution in [1.82, 2.24) is 14.4 Å². The third kappa shape index (κ3) is 3.22. The Bertz CT molecular complexity index is 837. The fourth-order valence-electron chi connectivity index (χ4n) is 4.29. The quantitative estimate of drug-likeness (QED) is 0.830. The number of nitrogens with zero attached hydrogens (tertiary/aromatic N) is 3. The van der Waals surface area contributed by atoms with E-state index in [0.717, 1.165) is 43.4 Å². The van der Waals surface area contributed by atoms with Crippen LogP contribution in [0.4, 0.5) is 0 Å². The molecule has 2 heterocycles. The molecule has 4 rings (SSSR count). The topological polar surface area (TPSA) is 45.6 Å². The summed E-state index contributed by atoms with van der Waals surface area (Å²) in [4.78, 5) is 29.0. The van der Waals surface area contributed by atoms with Crippen LogP contribution < -0.4 is 0 Å². The molecule has 1 aromatic heterocycles. The largest absolute Gasteiger partial charge is 0.338 e. The van der Waals surface area contributed by atoms with Crippen molar-refractivity contribution in [3.05, 3.63) is 36.0 Å². The maximum absolute atomic E-state index is 13.1. The molecule has 2 aliphatic rings. The van der Waals surface area contributed by atoms with E-state index >= 15 is 0 Å². The summed E-state index contributed by atoms with van der Waals surface area (Å²) in [5, 5.41) is 1.17. The van der Waals surface area contributed by atoms with E-state index in [0.29, 0.717) is 19.1 Å². The fraction of sp³-hybridized carbons (Fsp3) is 0.524. The molecule has 138 valence electrons. The zero-order valence-corrected chi connectivity index (χ0v) is 15.6. The Hall–Kier alpha value is -2.30. The number of hydrogen-bond acceptors (Lipinski definition) is 2. The van der Waals surface area contributed by atoms with Crippen LogP contribution in [0.5, 0.6) is 0 Å². The van der Waals surface area contributed by atoms with Gasteiger partial charge in [0.2, 0.25) is 11.8 Å². The highest BCUT2D eigenvalue weighted by molar-refractivity contribution is 5.84. The van der Waals surface area contributed by atoms with Gasteiger partial charge in [-0.1, -0.05) is 18.2 Å². The molecule has 1 aliphatic heterocycles. The summed E-state index contributed by atoms with van der Waals surface area (Å²) < 4.78 is 2.11. The number of carbonyl (C=O) groups excluding carboxylic acids is 2. The second-order valence-corrected chi connectivity index (χ2v) is 7.72. The summed E-state index contributed by atoms with van der Waals surface area (Å²) in [5.74, 6) is 0.301. The van der Waals surface area contributed by atoms with Crippen LogP contribution in [0.1, 0.15) is 38.3 Å². The molecule has 5 heteroatoms. The Labute approximate surface area is 154 Å². The predicted octanol–water partition coefficient (Wildman–Crippen LogP) is 2.95. The van der Waals surface area contributed by atoms with Crippen molar-refractivity contribution in [1.29, 1.82) is 0 Å². The fourth-order valence-corrected chi connectivity index (χ4v) is 4.29. The average Bonchev–Trinajstić information content (AvgIpc) is 3.26. The summed E-state index contributed by atoms with van der Waals surface area (Å²) in [5.41, 5.74) is 2.22. The third-order valence-corrected chi connectivity index (χ3v) is 5.81. The number of carbonyl (C=O) groups is 2. The molecule has 1 atom stereocenters. The molecular formula is C21H27N3O2. The van der Waals surface area contributed by atoms with E-state index in [1.807, 2.05) is 21.9 Å². The minimum atomic E-state index is 0.138. The van der Waals surface area contributed by atoms with E-state index in [1.165, 1.54) is 5.39 Å². The van der Waals surface area contributed by atoms with Gasteiger partial charge in [-0.3, -0.25) is 9.59 Å². The van der Waals surface area contributed by atoms with E-state index in [4.69, 9.17) is 0 Å². The Morgan fingerprint density at radius 3 is 2.69 bits per heavy atom. The number of benzene rings is 1. The molecule has 1 aliphatic carbocycles. The molecule has 0 radical (unpaired) electrons. The molecule has 1 saturated carbocycles. The second-order valence-electron chi connectivity index (χ2n) is 7.72. The molecule has 2 aromatic rings. The molecule has 2 amide bonds. The van der Waals surface area contributed by atoms with Crippen LogP contribution in [0.25, 0.3) is 10.9 Å². The van der Waals surface area contributed by atoms with Gasteiger partial charge in [0.05, 0.1) is 0 Å². The summed E-state index contributed by atoms with van der Waals surface area (Å²) in [7, 11) is 0. The Balaban J connectivity index is 1.49. The zero-order chi connectivity index (χ0) is 18.3. The van der Waals surface area contributed by atoms with E-state index in [2.05, 4.69) is 29.7 Å². The predicted molar refractivity (Wildman–Crippen MR) is 102 cm³/mol. The average molecular weight is 353 g/mol. The lowest BCUT2D eigenvalue weighted by atomic mass is 10.2. The molecule has 2 fully saturated rings. The molecule has 0 bridgehead atoms. The van der Waals surface area contributed by atoms with E-state index < -0.39 is 0 Å². The van der Waals surface area contributed by atoms with Gasteiger partial charge >= 0.3 is 0 Å². The molecule has 5 nitrogen and oxygen atoms in total. The van der Waals surface area contributed by atoms with Gasteiger partial charge in [-0.25, -0.2) is 0 Å². The van der Waals surface area contributed by atoms with Crippen LogP contribution in [0.2, 0.25) is 0 Å². The van der Waals surface area contributed by atoms with Crippen molar-refractivity contribution in [2.75, 3.05) is 13.1 Å².